The number of nitrogens with zero attached hydrogens (tertiary/aromatic N) is 3. The zero-order valence-corrected chi connectivity index (χ0v) is 20.6. The summed E-state index contributed by atoms with van der Waals surface area (Å²) in [7, 11) is 0. The van der Waals surface area contributed by atoms with Crippen molar-refractivity contribution in [1.29, 1.82) is 0 Å². The van der Waals surface area contributed by atoms with E-state index >= 15 is 0 Å². The van der Waals surface area contributed by atoms with Gasteiger partial charge in [-0.2, -0.15) is 18.3 Å². The summed E-state index contributed by atoms with van der Waals surface area (Å²) in [5.41, 5.74) is 6.34. The highest BCUT2D eigenvalue weighted by Crippen LogP contribution is 2.37. The summed E-state index contributed by atoms with van der Waals surface area (Å²) >= 11 is 9.59. The summed E-state index contributed by atoms with van der Waals surface area (Å²) < 4.78 is 43.0. The van der Waals surface area contributed by atoms with E-state index < -0.39 is 17.8 Å². The van der Waals surface area contributed by atoms with Crippen molar-refractivity contribution in [3.8, 4) is 0 Å². The van der Waals surface area contributed by atoms with Crippen LogP contribution in [0.25, 0.3) is 21.8 Å². The molecule has 0 bridgehead atoms. The summed E-state index contributed by atoms with van der Waals surface area (Å²) in [6.07, 6.45) is 0.190. The number of amides is 1. The summed E-state index contributed by atoms with van der Waals surface area (Å²) in [5, 5.41) is 9.71. The number of primary amides is 1. The zero-order valence-electron chi connectivity index (χ0n) is 18.2. The number of pyridine rings is 1. The Morgan fingerprint density at radius 3 is 2.54 bits per heavy atom. The number of aromatic nitrogens is 3. The van der Waals surface area contributed by atoms with Crippen molar-refractivity contribution in [2.24, 2.45) is 5.73 Å². The van der Waals surface area contributed by atoms with Crippen LogP contribution in [0.3, 0.4) is 0 Å². The van der Waals surface area contributed by atoms with Gasteiger partial charge in [0.1, 0.15) is 5.69 Å². The average Bonchev–Trinajstić information content (AvgIpc) is 3.24. The Balaban J connectivity index is 1.38. The van der Waals surface area contributed by atoms with Crippen LogP contribution in [0.1, 0.15) is 47.8 Å². The number of carbonyl (C=O) groups is 1. The molecule has 3 N–H and O–H groups in total. The van der Waals surface area contributed by atoms with E-state index in [0.29, 0.717) is 21.7 Å². The molecule has 1 amide bonds. The predicted molar refractivity (Wildman–Crippen MR) is 133 cm³/mol. The minimum absolute atomic E-state index is 0.0216. The predicted octanol–water partition coefficient (Wildman–Crippen LogP) is 6.71. The number of benzene rings is 2. The van der Waals surface area contributed by atoms with Crippen LogP contribution in [-0.4, -0.2) is 26.7 Å². The Labute approximate surface area is 211 Å². The third-order valence-corrected chi connectivity index (χ3v) is 7.30. The van der Waals surface area contributed by atoms with E-state index in [2.05, 4.69) is 31.3 Å². The maximum Gasteiger partial charge on any atom is 0.433 e. The SMILES string of the molecule is NC(=O)c1cc(Br)c2cnn(C3CCC(Nc4cc(C(F)(F)F)nc5ccc(Cl)cc45)CC3)c2c1. The van der Waals surface area contributed by atoms with Gasteiger partial charge in [-0.1, -0.05) is 27.5 Å². The van der Waals surface area contributed by atoms with Gasteiger partial charge in [-0.3, -0.25) is 9.48 Å². The lowest BCUT2D eigenvalue weighted by atomic mass is 9.90. The van der Waals surface area contributed by atoms with Crippen molar-refractivity contribution >= 4 is 60.9 Å². The molecule has 0 spiro atoms. The van der Waals surface area contributed by atoms with E-state index in [9.17, 15) is 18.0 Å². The van der Waals surface area contributed by atoms with Gasteiger partial charge >= 0.3 is 6.18 Å². The molecular formula is C24H20BrClF3N5O. The Hall–Kier alpha value is -2.85. The number of nitrogens with one attached hydrogen (secondary N) is 1. The molecule has 0 saturated heterocycles. The van der Waals surface area contributed by atoms with Crippen molar-refractivity contribution in [2.45, 2.75) is 43.9 Å². The lowest BCUT2D eigenvalue weighted by molar-refractivity contribution is -0.140. The first-order chi connectivity index (χ1) is 16.6. The third-order valence-electron chi connectivity index (χ3n) is 6.41. The van der Waals surface area contributed by atoms with E-state index in [1.165, 1.54) is 12.1 Å². The van der Waals surface area contributed by atoms with Crippen molar-refractivity contribution < 1.29 is 18.0 Å². The number of halogens is 5. The third kappa shape index (κ3) is 4.69. The molecule has 6 nitrogen and oxygen atoms in total. The molecule has 1 saturated carbocycles. The van der Waals surface area contributed by atoms with E-state index in [0.717, 1.165) is 47.1 Å². The Bertz CT molecular complexity index is 1450. The summed E-state index contributed by atoms with van der Waals surface area (Å²) in [6, 6.07) is 9.19. The quantitative estimate of drug-likeness (QED) is 0.287. The van der Waals surface area contributed by atoms with Crippen LogP contribution in [0, 0.1) is 0 Å². The zero-order chi connectivity index (χ0) is 24.9. The van der Waals surface area contributed by atoms with Gasteiger partial charge in [0.25, 0.3) is 0 Å². The second-order valence-electron chi connectivity index (χ2n) is 8.71. The van der Waals surface area contributed by atoms with Gasteiger partial charge in [0, 0.05) is 37.6 Å². The Morgan fingerprint density at radius 2 is 1.86 bits per heavy atom. The van der Waals surface area contributed by atoms with Crippen molar-refractivity contribution in [3.05, 3.63) is 63.3 Å². The molecule has 0 radical (unpaired) electrons. The molecule has 2 aromatic heterocycles. The fourth-order valence-corrected chi connectivity index (χ4v) is 5.41. The standard InChI is InChI=1S/C24H20BrClF3N5O/c25-18-7-12(23(30)35)8-21-17(18)11-31-34(21)15-4-2-14(3-5-15)32-20-10-22(24(27,28)29)33-19-6-1-13(26)9-16(19)20/h1,6-11,14-15H,2-5H2,(H2,30,35)(H,32,33). The number of alkyl halides is 3. The number of anilines is 1. The molecule has 1 aliphatic rings. The molecule has 1 fully saturated rings. The molecule has 2 heterocycles. The Kier molecular flexibility index (Phi) is 6.13. The maximum absolute atomic E-state index is 13.4. The van der Waals surface area contributed by atoms with Crippen molar-refractivity contribution in [2.75, 3.05) is 5.32 Å². The largest absolute Gasteiger partial charge is 0.433 e. The first kappa shape index (κ1) is 23.9. The highest BCUT2D eigenvalue weighted by molar-refractivity contribution is 9.10. The number of hydrogen-bond donors (Lipinski definition) is 2. The van der Waals surface area contributed by atoms with Gasteiger partial charge in [-0.25, -0.2) is 4.98 Å². The fourth-order valence-electron chi connectivity index (χ4n) is 4.68. The molecule has 5 rings (SSSR count). The number of fused-ring (bicyclic) bond motifs is 2. The lowest BCUT2D eigenvalue weighted by Gasteiger charge is -2.31. The minimum atomic E-state index is -4.55. The van der Waals surface area contributed by atoms with Gasteiger partial charge in [-0.15, -0.1) is 0 Å². The van der Waals surface area contributed by atoms with Gasteiger partial charge < -0.3 is 11.1 Å². The van der Waals surface area contributed by atoms with Crippen LogP contribution in [0.4, 0.5) is 18.9 Å². The molecular weight excluding hydrogens is 547 g/mol. The van der Waals surface area contributed by atoms with E-state index in [1.807, 2.05) is 4.68 Å². The monoisotopic (exact) mass is 565 g/mol. The lowest BCUT2D eigenvalue weighted by Crippen LogP contribution is -2.28. The maximum atomic E-state index is 13.4. The normalized spacial score (nSPS) is 18.8. The Morgan fingerprint density at radius 1 is 1.11 bits per heavy atom. The second-order valence-corrected chi connectivity index (χ2v) is 10.00. The number of nitrogens with two attached hydrogens (primary N) is 1. The molecule has 1 aliphatic carbocycles. The summed E-state index contributed by atoms with van der Waals surface area (Å²) in [4.78, 5) is 15.5. The molecule has 11 heteroatoms. The van der Waals surface area contributed by atoms with E-state index in [-0.39, 0.29) is 17.6 Å². The van der Waals surface area contributed by atoms with Crippen LogP contribution in [-0.2, 0) is 6.18 Å². The average molecular weight is 567 g/mol. The summed E-state index contributed by atoms with van der Waals surface area (Å²) in [5.74, 6) is -0.517. The molecule has 2 aromatic carbocycles. The smallest absolute Gasteiger partial charge is 0.382 e. The van der Waals surface area contributed by atoms with E-state index in [1.54, 1.807) is 24.4 Å². The summed E-state index contributed by atoms with van der Waals surface area (Å²) in [6.45, 7) is 0. The van der Waals surface area contributed by atoms with Crippen molar-refractivity contribution in [1.82, 2.24) is 14.8 Å². The first-order valence-electron chi connectivity index (χ1n) is 11.0. The van der Waals surface area contributed by atoms with Crippen LogP contribution in [0.15, 0.2) is 47.1 Å². The number of carbonyl (C=O) groups excluding carboxylic acids is 1. The molecule has 0 aliphatic heterocycles. The number of rotatable bonds is 4. The highest BCUT2D eigenvalue weighted by atomic mass is 79.9. The highest BCUT2D eigenvalue weighted by Gasteiger charge is 2.34. The second kappa shape index (κ2) is 8.98. The first-order valence-corrected chi connectivity index (χ1v) is 12.2. The minimum Gasteiger partial charge on any atom is -0.382 e. The number of hydrogen-bond acceptors (Lipinski definition) is 4. The van der Waals surface area contributed by atoms with Crippen LogP contribution in [0.2, 0.25) is 5.02 Å². The molecule has 182 valence electrons. The van der Waals surface area contributed by atoms with E-state index in [4.69, 9.17) is 17.3 Å². The molecule has 0 atom stereocenters. The van der Waals surface area contributed by atoms with Crippen molar-refractivity contribution in [3.63, 3.8) is 0 Å². The van der Waals surface area contributed by atoms with Gasteiger partial charge in [-0.05, 0) is 62.1 Å². The van der Waals surface area contributed by atoms with Gasteiger partial charge in [0.2, 0.25) is 5.91 Å². The molecule has 4 aromatic rings. The fraction of sp³-hybridized carbons (Fsp3) is 0.292. The van der Waals surface area contributed by atoms with Gasteiger partial charge in [0.05, 0.1) is 23.3 Å². The van der Waals surface area contributed by atoms with Crippen LogP contribution >= 0.6 is 27.5 Å². The molecule has 35 heavy (non-hydrogen) atoms. The van der Waals surface area contributed by atoms with Crippen LogP contribution < -0.4 is 11.1 Å². The topological polar surface area (TPSA) is 85.8 Å². The van der Waals surface area contributed by atoms with Crippen LogP contribution in [0.5, 0.6) is 0 Å². The van der Waals surface area contributed by atoms with Gasteiger partial charge in [0.15, 0.2) is 0 Å². The molecule has 0 unspecified atom stereocenters.